The molecule has 0 spiro atoms. The largest absolute Gasteiger partial charge is 0.489 e. The lowest BCUT2D eigenvalue weighted by Crippen LogP contribution is -2.37. The van der Waals surface area contributed by atoms with Gasteiger partial charge in [-0.3, -0.25) is 9.10 Å². The number of carbonyl (C=O) groups is 1. The molecule has 3 N–H and O–H groups in total. The van der Waals surface area contributed by atoms with Gasteiger partial charge in [-0.1, -0.05) is 6.07 Å². The Hall–Kier alpha value is -3.93. The molecule has 2 heterocycles. The number of nitrogens with one attached hydrogen (secondary N) is 3. The molecule has 1 aliphatic rings. The van der Waals surface area contributed by atoms with Crippen molar-refractivity contribution in [2.75, 3.05) is 39.7 Å². The summed E-state index contributed by atoms with van der Waals surface area (Å²) in [5.41, 5.74) is 1.93. The molecule has 1 aromatic heterocycles. The minimum absolute atomic E-state index is 0.0789. The first-order chi connectivity index (χ1) is 15.3. The number of anilines is 6. The van der Waals surface area contributed by atoms with Gasteiger partial charge in [0.15, 0.2) is 11.6 Å². The molecular formula is C20H19FN6O4S. The van der Waals surface area contributed by atoms with E-state index in [0.717, 1.165) is 12.5 Å². The van der Waals surface area contributed by atoms with E-state index in [0.29, 0.717) is 34.9 Å². The first-order valence-corrected chi connectivity index (χ1v) is 11.3. The molecule has 12 heteroatoms. The molecule has 32 heavy (non-hydrogen) atoms. The third kappa shape index (κ3) is 4.70. The number of aromatic nitrogens is 2. The van der Waals surface area contributed by atoms with E-state index in [4.69, 9.17) is 4.74 Å². The normalized spacial score (nSPS) is 13.0. The fraction of sp³-hybridized carbons (Fsp3) is 0.150. The fourth-order valence-corrected chi connectivity index (χ4v) is 4.06. The van der Waals surface area contributed by atoms with Crippen molar-refractivity contribution in [3.63, 3.8) is 0 Å². The van der Waals surface area contributed by atoms with Crippen molar-refractivity contribution in [1.82, 2.24) is 9.97 Å². The minimum atomic E-state index is -3.48. The Morgan fingerprint density at radius 3 is 2.69 bits per heavy atom. The van der Waals surface area contributed by atoms with Crippen LogP contribution in [0, 0.1) is 5.82 Å². The number of hydrogen-bond donors (Lipinski definition) is 3. The molecule has 4 rings (SSSR count). The maximum atomic E-state index is 14.3. The maximum absolute atomic E-state index is 14.3. The summed E-state index contributed by atoms with van der Waals surface area (Å²) in [6.07, 6.45) is 2.68. The second-order valence-corrected chi connectivity index (χ2v) is 8.76. The highest BCUT2D eigenvalue weighted by Crippen LogP contribution is 2.36. The number of halogens is 1. The number of rotatable bonds is 7. The Balaban J connectivity index is 1.58. The van der Waals surface area contributed by atoms with Crippen LogP contribution in [0.2, 0.25) is 0 Å². The van der Waals surface area contributed by atoms with Crippen molar-refractivity contribution >= 4 is 50.9 Å². The summed E-state index contributed by atoms with van der Waals surface area (Å²) in [6.45, 7) is 0.459. The molecule has 0 unspecified atom stereocenters. The lowest BCUT2D eigenvalue weighted by molar-refractivity contribution is -0.105. The molecule has 1 aliphatic heterocycles. The highest BCUT2D eigenvalue weighted by molar-refractivity contribution is 7.92. The first kappa shape index (κ1) is 21.3. The number of sulfonamides is 1. The number of ether oxygens (including phenoxy) is 1. The molecule has 0 radical (unpaired) electrons. The van der Waals surface area contributed by atoms with Crippen molar-refractivity contribution < 1.29 is 22.3 Å². The fourth-order valence-electron chi connectivity index (χ4n) is 3.15. The van der Waals surface area contributed by atoms with Crippen LogP contribution in [0.25, 0.3) is 0 Å². The Labute approximate surface area is 183 Å². The van der Waals surface area contributed by atoms with Gasteiger partial charge in [0, 0.05) is 17.1 Å². The molecule has 166 valence electrons. The zero-order valence-electron chi connectivity index (χ0n) is 16.9. The van der Waals surface area contributed by atoms with Crippen LogP contribution in [0.5, 0.6) is 5.75 Å². The van der Waals surface area contributed by atoms with Crippen molar-refractivity contribution in [3.8, 4) is 5.75 Å². The number of carbonyl (C=O) groups excluding carboxylic acids is 1. The van der Waals surface area contributed by atoms with Crippen molar-refractivity contribution in [2.45, 2.75) is 0 Å². The standard InChI is InChI=1S/C20H19FN6O4S/c1-32(29,30)27-7-8-31-18-6-5-15(10-17(18)27)25-20-22-11-16(21)19(26-20)24-14-4-2-3-13(9-14)23-12-28/h2-6,9-12H,7-8H2,1H3,(H,23,28)(H2,22,24,25,26). The third-order valence-corrected chi connectivity index (χ3v) is 5.71. The summed E-state index contributed by atoms with van der Waals surface area (Å²) in [5, 5.41) is 8.31. The van der Waals surface area contributed by atoms with E-state index in [9.17, 15) is 17.6 Å². The average molecular weight is 458 g/mol. The van der Waals surface area contributed by atoms with Gasteiger partial charge in [0.1, 0.15) is 12.4 Å². The highest BCUT2D eigenvalue weighted by atomic mass is 32.2. The smallest absolute Gasteiger partial charge is 0.232 e. The molecule has 0 bridgehead atoms. The van der Waals surface area contributed by atoms with E-state index >= 15 is 0 Å². The van der Waals surface area contributed by atoms with E-state index in [1.807, 2.05) is 0 Å². The number of nitrogens with zero attached hydrogens (tertiary/aromatic N) is 3. The second-order valence-electron chi connectivity index (χ2n) is 6.85. The molecule has 2 aromatic carbocycles. The van der Waals surface area contributed by atoms with E-state index in [2.05, 4.69) is 25.9 Å². The van der Waals surface area contributed by atoms with Gasteiger partial charge in [0.2, 0.25) is 22.4 Å². The van der Waals surface area contributed by atoms with Crippen molar-refractivity contribution in [1.29, 1.82) is 0 Å². The SMILES string of the molecule is CS(=O)(=O)N1CCOc2ccc(Nc3ncc(F)c(Nc4cccc(NC=O)c4)n3)cc21. The number of amides is 1. The molecular weight excluding hydrogens is 439 g/mol. The van der Waals surface area contributed by atoms with Gasteiger partial charge in [-0.25, -0.2) is 17.8 Å². The van der Waals surface area contributed by atoms with Crippen LogP contribution in [-0.4, -0.2) is 44.2 Å². The Kier molecular flexibility index (Phi) is 5.77. The maximum Gasteiger partial charge on any atom is 0.232 e. The quantitative estimate of drug-likeness (QED) is 0.462. The average Bonchev–Trinajstić information content (AvgIpc) is 2.75. The summed E-state index contributed by atoms with van der Waals surface area (Å²) >= 11 is 0. The van der Waals surface area contributed by atoms with E-state index < -0.39 is 15.8 Å². The molecule has 0 aliphatic carbocycles. The zero-order valence-corrected chi connectivity index (χ0v) is 17.7. The summed E-state index contributed by atoms with van der Waals surface area (Å²) in [4.78, 5) is 18.7. The van der Waals surface area contributed by atoms with Gasteiger partial charge >= 0.3 is 0 Å². The Bertz CT molecular complexity index is 1270. The van der Waals surface area contributed by atoms with Gasteiger partial charge in [-0.15, -0.1) is 0 Å². The summed E-state index contributed by atoms with van der Waals surface area (Å²) in [5.74, 6) is -0.215. The topological polar surface area (TPSA) is 126 Å². The van der Waals surface area contributed by atoms with Crippen LogP contribution in [0.15, 0.2) is 48.7 Å². The first-order valence-electron chi connectivity index (χ1n) is 9.45. The van der Waals surface area contributed by atoms with Gasteiger partial charge in [-0.2, -0.15) is 4.98 Å². The monoisotopic (exact) mass is 458 g/mol. The van der Waals surface area contributed by atoms with Gasteiger partial charge in [0.25, 0.3) is 0 Å². The minimum Gasteiger partial charge on any atom is -0.489 e. The van der Waals surface area contributed by atoms with E-state index in [-0.39, 0.29) is 24.9 Å². The van der Waals surface area contributed by atoms with Gasteiger partial charge in [-0.05, 0) is 36.4 Å². The van der Waals surface area contributed by atoms with Crippen LogP contribution >= 0.6 is 0 Å². The zero-order chi connectivity index (χ0) is 22.7. The lowest BCUT2D eigenvalue weighted by Gasteiger charge is -2.29. The molecule has 0 fully saturated rings. The predicted molar refractivity (Wildman–Crippen MR) is 119 cm³/mol. The van der Waals surface area contributed by atoms with Crippen LogP contribution in [0.3, 0.4) is 0 Å². The number of fused-ring (bicyclic) bond motifs is 1. The number of hydrogen-bond acceptors (Lipinski definition) is 8. The van der Waals surface area contributed by atoms with Crippen LogP contribution in [0.1, 0.15) is 0 Å². The Morgan fingerprint density at radius 1 is 1.12 bits per heavy atom. The molecule has 0 atom stereocenters. The second kappa shape index (κ2) is 8.67. The summed E-state index contributed by atoms with van der Waals surface area (Å²) < 4.78 is 45.2. The molecule has 10 nitrogen and oxygen atoms in total. The summed E-state index contributed by atoms with van der Waals surface area (Å²) in [6, 6.07) is 11.6. The Morgan fingerprint density at radius 2 is 1.91 bits per heavy atom. The number of benzene rings is 2. The molecule has 1 amide bonds. The van der Waals surface area contributed by atoms with Gasteiger partial charge < -0.3 is 20.7 Å². The van der Waals surface area contributed by atoms with Crippen molar-refractivity contribution in [2.24, 2.45) is 0 Å². The van der Waals surface area contributed by atoms with Gasteiger partial charge in [0.05, 0.1) is 24.7 Å². The molecule has 3 aromatic rings. The highest BCUT2D eigenvalue weighted by Gasteiger charge is 2.25. The van der Waals surface area contributed by atoms with Crippen LogP contribution in [-0.2, 0) is 14.8 Å². The third-order valence-electron chi connectivity index (χ3n) is 4.53. The van der Waals surface area contributed by atoms with E-state index in [1.54, 1.807) is 42.5 Å². The molecule has 0 saturated heterocycles. The predicted octanol–water partition coefficient (Wildman–Crippen LogP) is 2.83. The van der Waals surface area contributed by atoms with E-state index in [1.165, 1.54) is 4.31 Å². The van der Waals surface area contributed by atoms with Crippen LogP contribution < -0.4 is 25.0 Å². The lowest BCUT2D eigenvalue weighted by atomic mass is 10.2. The van der Waals surface area contributed by atoms with Crippen molar-refractivity contribution in [3.05, 3.63) is 54.5 Å². The molecule has 0 saturated carbocycles. The summed E-state index contributed by atoms with van der Waals surface area (Å²) in [7, 11) is -3.48. The van der Waals surface area contributed by atoms with Crippen LogP contribution in [0.4, 0.5) is 38.9 Å².